The molecule has 1 aromatic rings. The molecule has 0 radical (unpaired) electrons. The number of aromatic nitrogens is 1. The summed E-state index contributed by atoms with van der Waals surface area (Å²) in [5.74, 6) is -2.88. The number of cyclic esters (lactones) is 1. The molecular formula is C14H15F3N2O3. The molecule has 0 spiro atoms. The Kier molecular flexibility index (Phi) is 4.58. The van der Waals surface area contributed by atoms with Crippen LogP contribution in [0.1, 0.15) is 18.0 Å². The van der Waals surface area contributed by atoms with Crippen molar-refractivity contribution < 1.29 is 27.5 Å². The average molecular weight is 316 g/mol. The van der Waals surface area contributed by atoms with E-state index in [1.54, 1.807) is 0 Å². The Balaban J connectivity index is 2.23. The third-order valence-corrected chi connectivity index (χ3v) is 3.38. The molecule has 0 bridgehead atoms. The van der Waals surface area contributed by atoms with Gasteiger partial charge in [-0.2, -0.15) is 13.2 Å². The summed E-state index contributed by atoms with van der Waals surface area (Å²) in [6.07, 6.45) is -3.37. The van der Waals surface area contributed by atoms with Gasteiger partial charge < -0.3 is 9.30 Å². The second-order valence-corrected chi connectivity index (χ2v) is 4.83. The maximum Gasteiger partial charge on any atom is 0.416 e. The third-order valence-electron chi connectivity index (χ3n) is 3.38. The molecule has 1 atom stereocenters. The first-order chi connectivity index (χ1) is 10.3. The molecular weight excluding hydrogens is 301 g/mol. The fourth-order valence-corrected chi connectivity index (χ4v) is 2.34. The van der Waals surface area contributed by atoms with Gasteiger partial charge in [0.2, 0.25) is 5.91 Å². The molecule has 5 nitrogen and oxygen atoms in total. The van der Waals surface area contributed by atoms with Crippen molar-refractivity contribution in [2.75, 3.05) is 13.2 Å². The van der Waals surface area contributed by atoms with Crippen LogP contribution < -0.4 is 0 Å². The van der Waals surface area contributed by atoms with Crippen LogP contribution >= 0.6 is 0 Å². The summed E-state index contributed by atoms with van der Waals surface area (Å²) in [5, 5.41) is 0. The average Bonchev–Trinajstić information content (AvgIpc) is 3.04. The molecule has 8 heteroatoms. The van der Waals surface area contributed by atoms with Gasteiger partial charge >= 0.3 is 12.3 Å². The van der Waals surface area contributed by atoms with Crippen LogP contribution in [0.25, 0.3) is 0 Å². The van der Waals surface area contributed by atoms with E-state index in [0.717, 1.165) is 0 Å². The van der Waals surface area contributed by atoms with Gasteiger partial charge in [-0.15, -0.1) is 6.58 Å². The zero-order chi connectivity index (χ0) is 16.3. The molecule has 1 aromatic heterocycles. The Hall–Kier alpha value is -2.25. The quantitative estimate of drug-likeness (QED) is 0.785. The van der Waals surface area contributed by atoms with Crippen molar-refractivity contribution in [2.45, 2.75) is 25.1 Å². The van der Waals surface area contributed by atoms with Crippen molar-refractivity contribution in [1.82, 2.24) is 9.47 Å². The molecule has 22 heavy (non-hydrogen) atoms. The van der Waals surface area contributed by atoms with Crippen LogP contribution in [0.15, 0.2) is 31.0 Å². The fourth-order valence-electron chi connectivity index (χ4n) is 2.34. The van der Waals surface area contributed by atoms with Gasteiger partial charge in [-0.3, -0.25) is 4.79 Å². The molecule has 2 heterocycles. The van der Waals surface area contributed by atoms with Crippen molar-refractivity contribution in [3.8, 4) is 0 Å². The summed E-state index contributed by atoms with van der Waals surface area (Å²) in [7, 11) is 0. The first kappa shape index (κ1) is 16.1. The number of nitrogens with zero attached hydrogens (tertiary/aromatic N) is 2. The van der Waals surface area contributed by atoms with E-state index in [9.17, 15) is 22.8 Å². The van der Waals surface area contributed by atoms with Crippen LogP contribution in [0.4, 0.5) is 18.0 Å². The topological polar surface area (TPSA) is 51.5 Å². The SMILES string of the molecule is C=CCn1cccc1C(CC(=O)N1CCOC1=O)C(F)(F)F. The lowest BCUT2D eigenvalue weighted by Crippen LogP contribution is -2.35. The highest BCUT2D eigenvalue weighted by Gasteiger charge is 2.45. The lowest BCUT2D eigenvalue weighted by Gasteiger charge is -2.23. The Morgan fingerprint density at radius 1 is 1.50 bits per heavy atom. The minimum atomic E-state index is -4.60. The molecule has 1 unspecified atom stereocenters. The van der Waals surface area contributed by atoms with Crippen LogP contribution in [-0.2, 0) is 16.1 Å². The number of halogens is 3. The highest BCUT2D eigenvalue weighted by Crippen LogP contribution is 2.38. The van der Waals surface area contributed by atoms with E-state index in [1.165, 1.54) is 29.0 Å². The Morgan fingerprint density at radius 2 is 2.23 bits per heavy atom. The molecule has 1 saturated heterocycles. The number of alkyl halides is 3. The van der Waals surface area contributed by atoms with E-state index in [-0.39, 0.29) is 25.4 Å². The van der Waals surface area contributed by atoms with Crippen LogP contribution in [0.5, 0.6) is 0 Å². The Morgan fingerprint density at radius 3 is 2.77 bits per heavy atom. The Bertz CT molecular complexity index is 580. The molecule has 2 amide bonds. The van der Waals surface area contributed by atoms with Gasteiger partial charge in [0, 0.05) is 24.9 Å². The van der Waals surface area contributed by atoms with Gasteiger partial charge in [-0.25, -0.2) is 9.69 Å². The van der Waals surface area contributed by atoms with Gasteiger partial charge in [0.25, 0.3) is 0 Å². The number of carbonyl (C=O) groups excluding carboxylic acids is 2. The van der Waals surface area contributed by atoms with Crippen molar-refractivity contribution >= 4 is 12.0 Å². The van der Waals surface area contributed by atoms with Gasteiger partial charge in [-0.05, 0) is 12.1 Å². The number of ether oxygens (including phenoxy) is 1. The van der Waals surface area contributed by atoms with E-state index in [0.29, 0.717) is 4.90 Å². The van der Waals surface area contributed by atoms with Crippen LogP contribution in [0, 0.1) is 0 Å². The fraction of sp³-hybridized carbons (Fsp3) is 0.429. The van der Waals surface area contributed by atoms with Crippen LogP contribution in [0.3, 0.4) is 0 Å². The smallest absolute Gasteiger partial charge is 0.416 e. The van der Waals surface area contributed by atoms with Crippen molar-refractivity contribution in [3.63, 3.8) is 0 Å². The van der Waals surface area contributed by atoms with E-state index >= 15 is 0 Å². The number of hydrogen-bond donors (Lipinski definition) is 0. The number of rotatable bonds is 5. The van der Waals surface area contributed by atoms with Gasteiger partial charge in [0.15, 0.2) is 0 Å². The maximum atomic E-state index is 13.3. The summed E-state index contributed by atoms with van der Waals surface area (Å²) >= 11 is 0. The van der Waals surface area contributed by atoms with Gasteiger partial charge in [0.05, 0.1) is 6.54 Å². The molecule has 0 aliphatic carbocycles. The summed E-state index contributed by atoms with van der Waals surface area (Å²) in [5.41, 5.74) is -0.0340. The number of carbonyl (C=O) groups is 2. The minimum absolute atomic E-state index is 0.00803. The minimum Gasteiger partial charge on any atom is -0.447 e. The predicted octanol–water partition coefficient (Wildman–Crippen LogP) is 2.69. The predicted molar refractivity (Wildman–Crippen MR) is 71.1 cm³/mol. The summed E-state index contributed by atoms with van der Waals surface area (Å²) < 4.78 is 45.9. The number of allylic oxidation sites excluding steroid dienone is 1. The molecule has 0 aromatic carbocycles. The van der Waals surface area contributed by atoms with Crippen molar-refractivity contribution in [2.24, 2.45) is 0 Å². The molecule has 1 aliphatic rings. The monoisotopic (exact) mass is 316 g/mol. The second kappa shape index (κ2) is 6.25. The second-order valence-electron chi connectivity index (χ2n) is 4.83. The van der Waals surface area contributed by atoms with Crippen LogP contribution in [0.2, 0.25) is 0 Å². The number of amides is 2. The number of hydrogen-bond acceptors (Lipinski definition) is 3. The summed E-state index contributed by atoms with van der Waals surface area (Å²) in [4.78, 5) is 24.0. The summed E-state index contributed by atoms with van der Waals surface area (Å²) in [6, 6.07) is 2.80. The molecule has 1 fully saturated rings. The zero-order valence-corrected chi connectivity index (χ0v) is 11.7. The first-order valence-corrected chi connectivity index (χ1v) is 6.64. The number of imide groups is 1. The van der Waals surface area contributed by atoms with E-state index in [4.69, 9.17) is 0 Å². The molecule has 0 saturated carbocycles. The van der Waals surface area contributed by atoms with E-state index in [1.807, 2.05) is 0 Å². The van der Waals surface area contributed by atoms with E-state index in [2.05, 4.69) is 11.3 Å². The first-order valence-electron chi connectivity index (χ1n) is 6.64. The normalized spacial score (nSPS) is 16.5. The highest BCUT2D eigenvalue weighted by molar-refractivity contribution is 5.93. The molecule has 1 aliphatic heterocycles. The summed E-state index contributed by atoms with van der Waals surface area (Å²) in [6.45, 7) is 3.69. The maximum absolute atomic E-state index is 13.3. The largest absolute Gasteiger partial charge is 0.447 e. The highest BCUT2D eigenvalue weighted by atomic mass is 19.4. The van der Waals surface area contributed by atoms with Crippen LogP contribution in [-0.4, -0.2) is 40.8 Å². The van der Waals surface area contributed by atoms with Gasteiger partial charge in [0.1, 0.15) is 12.5 Å². The lowest BCUT2D eigenvalue weighted by atomic mass is 9.99. The van der Waals surface area contributed by atoms with Gasteiger partial charge in [-0.1, -0.05) is 6.08 Å². The molecule has 120 valence electrons. The molecule has 0 N–H and O–H groups in total. The van der Waals surface area contributed by atoms with E-state index < -0.39 is 30.5 Å². The standard InChI is InChI=1S/C14H15F3N2O3/c1-2-5-18-6-3-4-11(18)10(14(15,16)17)9-12(20)19-7-8-22-13(19)21/h2-4,6,10H,1,5,7-9H2. The Labute approximate surface area is 124 Å². The molecule has 2 rings (SSSR count). The lowest BCUT2D eigenvalue weighted by molar-refractivity contribution is -0.160. The van der Waals surface area contributed by atoms with Crippen molar-refractivity contribution in [3.05, 3.63) is 36.7 Å². The third kappa shape index (κ3) is 3.32. The van der Waals surface area contributed by atoms with Crippen molar-refractivity contribution in [1.29, 1.82) is 0 Å². The zero-order valence-electron chi connectivity index (χ0n) is 11.7.